The number of halogens is 2. The van der Waals surface area contributed by atoms with Crippen LogP contribution in [0.3, 0.4) is 0 Å². The zero-order chi connectivity index (χ0) is 18.2. The summed E-state index contributed by atoms with van der Waals surface area (Å²) in [4.78, 5) is 12.3. The Balaban J connectivity index is 2.19. The summed E-state index contributed by atoms with van der Waals surface area (Å²) in [5, 5.41) is 12.7. The average Bonchev–Trinajstić information content (AvgIpc) is 2.60. The van der Waals surface area contributed by atoms with Gasteiger partial charge in [0.25, 0.3) is 5.91 Å². The highest BCUT2D eigenvalue weighted by atomic mass is 35.5. The molecule has 0 aliphatic heterocycles. The van der Waals surface area contributed by atoms with E-state index in [2.05, 4.69) is 5.32 Å². The first-order valence-corrected chi connectivity index (χ1v) is 8.40. The smallest absolute Gasteiger partial charge is 0.266 e. The van der Waals surface area contributed by atoms with Gasteiger partial charge in [-0.1, -0.05) is 48.3 Å². The highest BCUT2D eigenvalue weighted by molar-refractivity contribution is 6.34. The molecule has 1 amide bonds. The fourth-order valence-electron chi connectivity index (χ4n) is 2.00. The number of nitrogens with zero attached hydrogens (tertiary/aromatic N) is 1. The molecule has 128 valence electrons. The molecule has 0 atom stereocenters. The van der Waals surface area contributed by atoms with Crippen molar-refractivity contribution in [2.75, 3.05) is 11.9 Å². The van der Waals surface area contributed by atoms with Gasteiger partial charge in [0.05, 0.1) is 22.3 Å². The molecule has 6 heteroatoms. The van der Waals surface area contributed by atoms with Crippen molar-refractivity contribution in [2.45, 2.75) is 13.3 Å². The minimum absolute atomic E-state index is 0.0572. The highest BCUT2D eigenvalue weighted by Crippen LogP contribution is 2.27. The molecule has 0 heterocycles. The molecular formula is C19H16Cl2N2O2. The lowest BCUT2D eigenvalue weighted by Crippen LogP contribution is -2.13. The molecule has 2 rings (SSSR count). The summed E-state index contributed by atoms with van der Waals surface area (Å²) in [6.07, 6.45) is 2.33. The third-order valence-electron chi connectivity index (χ3n) is 3.22. The lowest BCUT2D eigenvalue weighted by atomic mass is 10.1. The van der Waals surface area contributed by atoms with Crippen LogP contribution in [0.5, 0.6) is 5.75 Å². The molecule has 0 saturated carbocycles. The fraction of sp³-hybridized carbons (Fsp3) is 0.158. The molecule has 2 aromatic rings. The van der Waals surface area contributed by atoms with Crippen molar-refractivity contribution >= 4 is 40.9 Å². The number of nitrogens with one attached hydrogen (secondary N) is 1. The van der Waals surface area contributed by atoms with Crippen LogP contribution in [0, 0.1) is 11.3 Å². The molecular weight excluding hydrogens is 359 g/mol. The Morgan fingerprint density at radius 2 is 2.00 bits per heavy atom. The van der Waals surface area contributed by atoms with E-state index in [0.717, 1.165) is 6.42 Å². The van der Waals surface area contributed by atoms with Crippen LogP contribution >= 0.6 is 23.2 Å². The standard InChI is InChI=1S/C19H16Cl2N2O2/c1-2-9-25-18-8-7-13(11-16(18)21)10-14(12-22)19(24)23-17-6-4-3-5-15(17)20/h3-8,10-11H,2,9H2,1H3,(H,23,24)/b14-10+. The van der Waals surface area contributed by atoms with Crippen LogP contribution in [0.25, 0.3) is 6.08 Å². The monoisotopic (exact) mass is 374 g/mol. The molecule has 2 aromatic carbocycles. The van der Waals surface area contributed by atoms with E-state index < -0.39 is 5.91 Å². The quantitative estimate of drug-likeness (QED) is 0.549. The highest BCUT2D eigenvalue weighted by Gasteiger charge is 2.12. The molecule has 0 bridgehead atoms. The number of nitriles is 1. The summed E-state index contributed by atoms with van der Waals surface area (Å²) < 4.78 is 5.50. The molecule has 0 spiro atoms. The molecule has 25 heavy (non-hydrogen) atoms. The van der Waals surface area contributed by atoms with E-state index in [1.807, 2.05) is 13.0 Å². The zero-order valence-corrected chi connectivity index (χ0v) is 15.1. The number of amides is 1. The average molecular weight is 375 g/mol. The summed E-state index contributed by atoms with van der Waals surface area (Å²) >= 11 is 12.2. The van der Waals surface area contributed by atoms with Crippen molar-refractivity contribution in [3.05, 3.63) is 63.6 Å². The van der Waals surface area contributed by atoms with Crippen molar-refractivity contribution in [3.63, 3.8) is 0 Å². The molecule has 4 nitrogen and oxygen atoms in total. The van der Waals surface area contributed by atoms with Gasteiger partial charge in [-0.15, -0.1) is 0 Å². The first kappa shape index (κ1) is 18.9. The summed E-state index contributed by atoms with van der Waals surface area (Å²) in [6.45, 7) is 2.57. The normalized spacial score (nSPS) is 10.9. The van der Waals surface area contributed by atoms with E-state index in [9.17, 15) is 10.1 Å². The second-order valence-electron chi connectivity index (χ2n) is 5.14. The van der Waals surface area contributed by atoms with Crippen LogP contribution in [0.2, 0.25) is 10.0 Å². The number of hydrogen-bond donors (Lipinski definition) is 1. The van der Waals surface area contributed by atoms with Gasteiger partial charge in [0.1, 0.15) is 17.4 Å². The van der Waals surface area contributed by atoms with Gasteiger partial charge in [-0.25, -0.2) is 0 Å². The first-order chi connectivity index (χ1) is 12.0. The Labute approximate surface area is 156 Å². The van der Waals surface area contributed by atoms with Crippen molar-refractivity contribution in [2.24, 2.45) is 0 Å². The summed E-state index contributed by atoms with van der Waals surface area (Å²) in [7, 11) is 0. The maximum Gasteiger partial charge on any atom is 0.266 e. The summed E-state index contributed by atoms with van der Waals surface area (Å²) in [5.41, 5.74) is 1.01. The Morgan fingerprint density at radius 3 is 2.64 bits per heavy atom. The number of benzene rings is 2. The molecule has 0 aliphatic carbocycles. The number of carbonyl (C=O) groups is 1. The van der Waals surface area contributed by atoms with Crippen molar-refractivity contribution < 1.29 is 9.53 Å². The number of hydrogen-bond acceptors (Lipinski definition) is 3. The predicted octanol–water partition coefficient (Wildman–Crippen LogP) is 5.33. The van der Waals surface area contributed by atoms with E-state index >= 15 is 0 Å². The Kier molecular flexibility index (Phi) is 6.88. The maximum absolute atomic E-state index is 12.3. The van der Waals surface area contributed by atoms with Crippen LogP contribution in [0.4, 0.5) is 5.69 Å². The number of para-hydroxylation sites is 1. The van der Waals surface area contributed by atoms with Gasteiger partial charge in [0.15, 0.2) is 0 Å². The Bertz CT molecular complexity index is 842. The Morgan fingerprint density at radius 1 is 1.24 bits per heavy atom. The second kappa shape index (κ2) is 9.12. The predicted molar refractivity (Wildman–Crippen MR) is 101 cm³/mol. The summed E-state index contributed by atoms with van der Waals surface area (Å²) in [6, 6.07) is 13.8. The van der Waals surface area contributed by atoms with E-state index in [1.165, 1.54) is 6.08 Å². The SMILES string of the molecule is CCCOc1ccc(/C=C(\C#N)C(=O)Nc2ccccc2Cl)cc1Cl. The van der Waals surface area contributed by atoms with E-state index in [4.69, 9.17) is 27.9 Å². The molecule has 0 saturated heterocycles. The lowest BCUT2D eigenvalue weighted by Gasteiger charge is -2.08. The second-order valence-corrected chi connectivity index (χ2v) is 5.96. The molecule has 0 fully saturated rings. The number of anilines is 1. The molecule has 0 radical (unpaired) electrons. The lowest BCUT2D eigenvalue weighted by molar-refractivity contribution is -0.112. The minimum Gasteiger partial charge on any atom is -0.492 e. The Hall–Kier alpha value is -2.48. The van der Waals surface area contributed by atoms with Crippen molar-refractivity contribution in [3.8, 4) is 11.8 Å². The fourth-order valence-corrected chi connectivity index (χ4v) is 2.43. The number of ether oxygens (including phenoxy) is 1. The van der Waals surface area contributed by atoms with Crippen LogP contribution in [0.15, 0.2) is 48.0 Å². The summed E-state index contributed by atoms with van der Waals surface area (Å²) in [5.74, 6) is 0.0257. The van der Waals surface area contributed by atoms with Gasteiger partial charge in [0, 0.05) is 0 Å². The van der Waals surface area contributed by atoms with E-state index in [-0.39, 0.29) is 5.57 Å². The van der Waals surface area contributed by atoms with Crippen molar-refractivity contribution in [1.29, 1.82) is 5.26 Å². The first-order valence-electron chi connectivity index (χ1n) is 7.65. The van der Waals surface area contributed by atoms with Gasteiger partial charge in [-0.2, -0.15) is 5.26 Å². The molecule has 1 N–H and O–H groups in total. The number of rotatable bonds is 6. The minimum atomic E-state index is -0.543. The molecule has 0 aromatic heterocycles. The van der Waals surface area contributed by atoms with Gasteiger partial charge < -0.3 is 10.1 Å². The third-order valence-corrected chi connectivity index (χ3v) is 3.84. The van der Waals surface area contributed by atoms with Crippen LogP contribution in [0.1, 0.15) is 18.9 Å². The maximum atomic E-state index is 12.3. The van der Waals surface area contributed by atoms with Gasteiger partial charge in [-0.05, 0) is 42.3 Å². The largest absolute Gasteiger partial charge is 0.492 e. The van der Waals surface area contributed by atoms with Crippen LogP contribution in [-0.2, 0) is 4.79 Å². The third kappa shape index (κ3) is 5.25. The van der Waals surface area contributed by atoms with Crippen molar-refractivity contribution in [1.82, 2.24) is 0 Å². The van der Waals surface area contributed by atoms with Crippen LogP contribution < -0.4 is 10.1 Å². The van der Waals surface area contributed by atoms with E-state index in [1.54, 1.807) is 42.5 Å². The van der Waals surface area contributed by atoms with Crippen LogP contribution in [-0.4, -0.2) is 12.5 Å². The topological polar surface area (TPSA) is 62.1 Å². The van der Waals surface area contributed by atoms with E-state index in [0.29, 0.717) is 33.7 Å². The molecule has 0 unspecified atom stereocenters. The van der Waals surface area contributed by atoms with Gasteiger partial charge in [-0.3, -0.25) is 4.79 Å². The zero-order valence-electron chi connectivity index (χ0n) is 13.6. The number of carbonyl (C=O) groups excluding carboxylic acids is 1. The van der Waals surface area contributed by atoms with Gasteiger partial charge in [0.2, 0.25) is 0 Å². The van der Waals surface area contributed by atoms with Gasteiger partial charge >= 0.3 is 0 Å². The molecule has 0 aliphatic rings.